The van der Waals surface area contributed by atoms with Crippen LogP contribution in [-0.4, -0.2) is 36.5 Å². The molecule has 0 aliphatic carbocycles. The smallest absolute Gasteiger partial charge is 0.280 e. The van der Waals surface area contributed by atoms with Gasteiger partial charge in [0.2, 0.25) is 0 Å². The van der Waals surface area contributed by atoms with Crippen molar-refractivity contribution in [3.05, 3.63) is 71.3 Å². The van der Waals surface area contributed by atoms with Gasteiger partial charge in [-0.25, -0.2) is 0 Å². The number of piperidine rings is 1. The maximum Gasteiger partial charge on any atom is 0.280 e. The Bertz CT molecular complexity index is 765. The second-order valence-electron chi connectivity index (χ2n) is 8.29. The van der Waals surface area contributed by atoms with Crippen molar-refractivity contribution in [2.75, 3.05) is 19.6 Å². The quantitative estimate of drug-likeness (QED) is 0.887. The van der Waals surface area contributed by atoms with E-state index in [1.54, 1.807) is 0 Å². The fourth-order valence-corrected chi connectivity index (χ4v) is 4.77. The van der Waals surface area contributed by atoms with Crippen molar-refractivity contribution in [2.45, 2.75) is 45.2 Å². The zero-order valence-corrected chi connectivity index (χ0v) is 16.4. The molecule has 2 aromatic carbocycles. The summed E-state index contributed by atoms with van der Waals surface area (Å²) >= 11 is 0. The Labute approximate surface area is 163 Å². The normalized spacial score (nSPS) is 23.5. The van der Waals surface area contributed by atoms with Crippen LogP contribution in [0.4, 0.5) is 0 Å². The average molecular weight is 364 g/mol. The van der Waals surface area contributed by atoms with Gasteiger partial charge in [-0.1, -0.05) is 54.6 Å². The van der Waals surface area contributed by atoms with E-state index in [1.807, 2.05) is 0 Å². The summed E-state index contributed by atoms with van der Waals surface area (Å²) in [5.41, 5.74) is 4.17. The SMILES string of the molecule is C[C@@H](C(=O)N1CCc2ccccc2C1)[NH+]1CCC(Cc2ccccc2)CC1. The number of carbonyl (C=O) groups is 1. The molecule has 0 aromatic heterocycles. The minimum atomic E-state index is 0.0768. The molecule has 0 bridgehead atoms. The summed E-state index contributed by atoms with van der Waals surface area (Å²) in [5, 5.41) is 0. The van der Waals surface area contributed by atoms with E-state index >= 15 is 0 Å². The van der Waals surface area contributed by atoms with Gasteiger partial charge in [0.25, 0.3) is 5.91 Å². The molecule has 0 saturated carbocycles. The molecular formula is C24H31N2O+. The van der Waals surface area contributed by atoms with Crippen molar-refractivity contribution >= 4 is 5.91 Å². The number of rotatable bonds is 4. The van der Waals surface area contributed by atoms with E-state index in [-0.39, 0.29) is 6.04 Å². The van der Waals surface area contributed by atoms with Crippen LogP contribution in [0.25, 0.3) is 0 Å². The van der Waals surface area contributed by atoms with Gasteiger partial charge in [0.05, 0.1) is 13.1 Å². The van der Waals surface area contributed by atoms with Crippen LogP contribution in [-0.2, 0) is 24.2 Å². The second-order valence-corrected chi connectivity index (χ2v) is 8.29. The molecule has 0 spiro atoms. The third kappa shape index (κ3) is 4.24. The second kappa shape index (κ2) is 8.26. The zero-order valence-electron chi connectivity index (χ0n) is 16.4. The first-order chi connectivity index (χ1) is 13.2. The molecule has 0 unspecified atom stereocenters. The lowest BCUT2D eigenvalue weighted by molar-refractivity contribution is -0.920. The molecule has 3 nitrogen and oxygen atoms in total. The highest BCUT2D eigenvalue weighted by molar-refractivity contribution is 5.80. The topological polar surface area (TPSA) is 24.8 Å². The number of hydrogen-bond donors (Lipinski definition) is 1. The number of quaternary nitrogens is 1. The predicted octanol–water partition coefficient (Wildman–Crippen LogP) is 2.50. The highest BCUT2D eigenvalue weighted by Gasteiger charge is 2.33. The van der Waals surface area contributed by atoms with E-state index < -0.39 is 0 Å². The molecule has 2 heterocycles. The van der Waals surface area contributed by atoms with Crippen LogP contribution in [0.5, 0.6) is 0 Å². The van der Waals surface area contributed by atoms with Crippen LogP contribution in [0.2, 0.25) is 0 Å². The molecule has 2 aliphatic heterocycles. The van der Waals surface area contributed by atoms with Gasteiger partial charge in [0, 0.05) is 13.1 Å². The summed E-state index contributed by atoms with van der Waals surface area (Å²) in [6.45, 7) is 6.02. The van der Waals surface area contributed by atoms with Crippen LogP contribution in [0, 0.1) is 5.92 Å². The molecule has 1 fully saturated rings. The Morgan fingerprint density at radius 1 is 1.04 bits per heavy atom. The molecule has 3 heteroatoms. The molecule has 1 N–H and O–H groups in total. The van der Waals surface area contributed by atoms with Gasteiger partial charge >= 0.3 is 0 Å². The number of hydrogen-bond acceptors (Lipinski definition) is 1. The van der Waals surface area contributed by atoms with E-state index in [2.05, 4.69) is 66.4 Å². The summed E-state index contributed by atoms with van der Waals surface area (Å²) in [7, 11) is 0. The van der Waals surface area contributed by atoms with E-state index in [4.69, 9.17) is 0 Å². The number of amides is 1. The van der Waals surface area contributed by atoms with Gasteiger partial charge in [0.1, 0.15) is 0 Å². The first-order valence-corrected chi connectivity index (χ1v) is 10.4. The third-order valence-corrected chi connectivity index (χ3v) is 6.54. The monoisotopic (exact) mass is 363 g/mol. The molecule has 1 amide bonds. The van der Waals surface area contributed by atoms with Crippen LogP contribution in [0.15, 0.2) is 54.6 Å². The van der Waals surface area contributed by atoms with Crippen molar-refractivity contribution in [1.29, 1.82) is 0 Å². The molecule has 4 rings (SSSR count). The first-order valence-electron chi connectivity index (χ1n) is 10.4. The van der Waals surface area contributed by atoms with Crippen molar-refractivity contribution in [1.82, 2.24) is 4.90 Å². The van der Waals surface area contributed by atoms with Crippen LogP contribution < -0.4 is 4.90 Å². The molecule has 2 aliphatic rings. The molecule has 0 radical (unpaired) electrons. The van der Waals surface area contributed by atoms with Crippen LogP contribution in [0.3, 0.4) is 0 Å². The van der Waals surface area contributed by atoms with Gasteiger partial charge in [-0.2, -0.15) is 0 Å². The van der Waals surface area contributed by atoms with Gasteiger partial charge in [-0.05, 0) is 55.2 Å². The Morgan fingerprint density at radius 2 is 1.70 bits per heavy atom. The summed E-state index contributed by atoms with van der Waals surface area (Å²) in [6.07, 6.45) is 4.62. The van der Waals surface area contributed by atoms with Gasteiger partial charge in [-0.15, -0.1) is 0 Å². The summed E-state index contributed by atoms with van der Waals surface area (Å²) in [6, 6.07) is 19.4. The molecule has 2 aromatic rings. The third-order valence-electron chi connectivity index (χ3n) is 6.54. The van der Waals surface area contributed by atoms with Crippen LogP contribution >= 0.6 is 0 Å². The fraction of sp³-hybridized carbons (Fsp3) is 0.458. The Hall–Kier alpha value is -2.13. The van der Waals surface area contributed by atoms with E-state index in [0.29, 0.717) is 5.91 Å². The minimum Gasteiger partial charge on any atom is -0.333 e. The van der Waals surface area contributed by atoms with Crippen molar-refractivity contribution in [3.63, 3.8) is 0 Å². The van der Waals surface area contributed by atoms with Crippen molar-refractivity contribution < 1.29 is 9.69 Å². The Morgan fingerprint density at radius 3 is 2.44 bits per heavy atom. The lowest BCUT2D eigenvalue weighted by Crippen LogP contribution is -3.17. The number of likely N-dealkylation sites (tertiary alicyclic amines) is 1. The number of nitrogens with zero attached hydrogens (tertiary/aromatic N) is 1. The maximum absolute atomic E-state index is 13.1. The fourth-order valence-electron chi connectivity index (χ4n) is 4.77. The van der Waals surface area contributed by atoms with Gasteiger partial charge < -0.3 is 9.80 Å². The molecular weight excluding hydrogens is 332 g/mol. The molecule has 27 heavy (non-hydrogen) atoms. The van der Waals surface area contributed by atoms with E-state index in [0.717, 1.165) is 38.5 Å². The predicted molar refractivity (Wildman–Crippen MR) is 109 cm³/mol. The molecule has 1 atom stereocenters. The lowest BCUT2D eigenvalue weighted by Gasteiger charge is -2.36. The maximum atomic E-state index is 13.1. The first kappa shape index (κ1) is 18.2. The lowest BCUT2D eigenvalue weighted by atomic mass is 9.89. The number of carbonyl (C=O) groups excluding carboxylic acids is 1. The van der Waals surface area contributed by atoms with Crippen LogP contribution in [0.1, 0.15) is 36.5 Å². The Kier molecular flexibility index (Phi) is 5.58. The van der Waals surface area contributed by atoms with Gasteiger partial charge in [-0.3, -0.25) is 4.79 Å². The Balaban J connectivity index is 1.30. The number of benzene rings is 2. The van der Waals surface area contributed by atoms with E-state index in [9.17, 15) is 4.79 Å². The minimum absolute atomic E-state index is 0.0768. The number of fused-ring (bicyclic) bond motifs is 1. The molecule has 1 saturated heterocycles. The number of nitrogens with one attached hydrogen (secondary N) is 1. The highest BCUT2D eigenvalue weighted by Crippen LogP contribution is 2.20. The highest BCUT2D eigenvalue weighted by atomic mass is 16.2. The zero-order chi connectivity index (χ0) is 18.6. The van der Waals surface area contributed by atoms with Crippen molar-refractivity contribution in [2.24, 2.45) is 5.92 Å². The summed E-state index contributed by atoms with van der Waals surface area (Å²) in [5.74, 6) is 1.10. The standard InChI is InChI=1S/C24H30N2O/c1-19(24(27)26-16-13-22-9-5-6-10-23(22)18-26)25-14-11-21(12-15-25)17-20-7-3-2-4-8-20/h2-10,19,21H,11-18H2,1H3/p+1/t19-/m0/s1. The largest absolute Gasteiger partial charge is 0.333 e. The summed E-state index contributed by atoms with van der Waals surface area (Å²) < 4.78 is 0. The van der Waals surface area contributed by atoms with Crippen molar-refractivity contribution in [3.8, 4) is 0 Å². The average Bonchev–Trinajstić information content (AvgIpc) is 2.73. The van der Waals surface area contributed by atoms with E-state index in [1.165, 1.54) is 40.9 Å². The van der Waals surface area contributed by atoms with Gasteiger partial charge in [0.15, 0.2) is 6.04 Å². The summed E-state index contributed by atoms with van der Waals surface area (Å²) in [4.78, 5) is 16.6. The molecule has 142 valence electrons.